The van der Waals surface area contributed by atoms with E-state index >= 15 is 0 Å². The average Bonchev–Trinajstić information content (AvgIpc) is 3.57. The fraction of sp³-hybridized carbons (Fsp3) is 0.577. The summed E-state index contributed by atoms with van der Waals surface area (Å²) in [4.78, 5) is 53.7. The molecule has 0 aromatic heterocycles. The summed E-state index contributed by atoms with van der Waals surface area (Å²) in [6, 6.07) is 6.04. The number of amides is 4. The molecule has 10 nitrogen and oxygen atoms in total. The van der Waals surface area contributed by atoms with Gasteiger partial charge in [-0.05, 0) is 36.5 Å². The van der Waals surface area contributed by atoms with Crippen LogP contribution in [0.1, 0.15) is 49.3 Å². The number of carbonyl (C=O) groups is 4. The van der Waals surface area contributed by atoms with Crippen molar-refractivity contribution in [2.24, 2.45) is 5.92 Å². The van der Waals surface area contributed by atoms with Gasteiger partial charge in [-0.2, -0.15) is 5.26 Å². The first-order valence-electron chi connectivity index (χ1n) is 12.9. The van der Waals surface area contributed by atoms with E-state index in [1.807, 2.05) is 24.3 Å². The summed E-state index contributed by atoms with van der Waals surface area (Å²) in [5.74, 6) is -1.82. The van der Waals surface area contributed by atoms with Gasteiger partial charge in [0.05, 0.1) is 12.6 Å². The van der Waals surface area contributed by atoms with Crippen molar-refractivity contribution in [2.45, 2.75) is 69.9 Å². The number of benzene rings is 1. The van der Waals surface area contributed by atoms with Gasteiger partial charge < -0.3 is 25.7 Å². The van der Waals surface area contributed by atoms with E-state index < -0.39 is 29.6 Å². The Morgan fingerprint density at radius 1 is 1.29 bits per heavy atom. The lowest BCUT2D eigenvalue weighted by Gasteiger charge is -2.23. The molecule has 3 heterocycles. The molecule has 38 heavy (non-hydrogen) atoms. The maximum absolute atomic E-state index is 14.4. The Morgan fingerprint density at radius 2 is 2.08 bits per heavy atom. The molecular formula is C26H32BFN6O4. The van der Waals surface area contributed by atoms with Gasteiger partial charge >= 0.3 is 0 Å². The van der Waals surface area contributed by atoms with Crippen LogP contribution in [0.3, 0.4) is 0 Å². The third kappa shape index (κ3) is 6.15. The molecule has 2 radical (unpaired) electrons. The van der Waals surface area contributed by atoms with Gasteiger partial charge in [-0.25, -0.2) is 4.39 Å². The molecule has 3 N–H and O–H groups in total. The van der Waals surface area contributed by atoms with Crippen LogP contribution < -0.4 is 15.9 Å². The number of likely N-dealkylation sites (tertiary alicyclic amines) is 1. The van der Waals surface area contributed by atoms with E-state index in [2.05, 4.69) is 15.9 Å². The van der Waals surface area contributed by atoms with E-state index in [0.717, 1.165) is 16.7 Å². The van der Waals surface area contributed by atoms with E-state index in [4.69, 9.17) is 7.98 Å². The smallest absolute Gasteiger partial charge is 0.246 e. The molecule has 0 saturated carbocycles. The highest BCUT2D eigenvalue weighted by atomic mass is 19.1. The largest absolute Gasteiger partial charge is 0.365 e. The monoisotopic (exact) mass is 522 g/mol. The number of carbonyl (C=O) groups excluding carboxylic acids is 4. The summed E-state index contributed by atoms with van der Waals surface area (Å²) in [7, 11) is 5.21. The molecule has 1 unspecified atom stereocenters. The van der Waals surface area contributed by atoms with Crippen LogP contribution >= 0.6 is 0 Å². The molecule has 2 fully saturated rings. The van der Waals surface area contributed by atoms with E-state index in [1.165, 1.54) is 11.8 Å². The van der Waals surface area contributed by atoms with Crippen molar-refractivity contribution in [3.05, 3.63) is 34.9 Å². The number of alkyl halides is 1. The van der Waals surface area contributed by atoms with Gasteiger partial charge in [0.2, 0.25) is 23.6 Å². The second-order valence-corrected chi connectivity index (χ2v) is 10.5. The van der Waals surface area contributed by atoms with Crippen LogP contribution in [0.25, 0.3) is 0 Å². The lowest BCUT2D eigenvalue weighted by molar-refractivity contribution is -0.135. The van der Waals surface area contributed by atoms with Gasteiger partial charge in [0, 0.05) is 51.4 Å². The third-order valence-corrected chi connectivity index (χ3v) is 7.50. The Balaban J connectivity index is 1.31. The summed E-state index contributed by atoms with van der Waals surface area (Å²) in [6.45, 7) is 2.90. The molecule has 0 spiro atoms. The summed E-state index contributed by atoms with van der Waals surface area (Å²) in [5.41, 5.74) is 1.39. The number of hydrogen-bond donors (Lipinski definition) is 3. The number of nitrogens with one attached hydrogen (secondary N) is 3. The summed E-state index contributed by atoms with van der Waals surface area (Å²) in [6.07, 6.45) is 0.880. The molecule has 4 rings (SSSR count). The third-order valence-electron chi connectivity index (χ3n) is 7.50. The fourth-order valence-electron chi connectivity index (χ4n) is 5.52. The number of nitriles is 1. The van der Waals surface area contributed by atoms with Gasteiger partial charge in [-0.15, -0.1) is 0 Å². The van der Waals surface area contributed by atoms with E-state index in [-0.39, 0.29) is 43.5 Å². The minimum Gasteiger partial charge on any atom is -0.365 e. The molecule has 0 aliphatic carbocycles. The predicted octanol–water partition coefficient (Wildman–Crippen LogP) is -0.00182. The van der Waals surface area contributed by atoms with Crippen molar-refractivity contribution in [1.82, 2.24) is 25.7 Å². The number of hydrogen-bond acceptors (Lipinski definition) is 6. The van der Waals surface area contributed by atoms with Crippen LogP contribution in [-0.4, -0.2) is 78.8 Å². The molecule has 2 saturated heterocycles. The molecule has 4 amide bonds. The number of rotatable bonds is 9. The van der Waals surface area contributed by atoms with Gasteiger partial charge in [0.15, 0.2) is 7.98 Å². The fourth-order valence-corrected chi connectivity index (χ4v) is 5.52. The molecule has 1 aromatic rings. The summed E-state index contributed by atoms with van der Waals surface area (Å²) in [5, 5.41) is 17.2. The highest BCUT2D eigenvalue weighted by Crippen LogP contribution is 2.33. The quantitative estimate of drug-likeness (QED) is 0.309. The van der Waals surface area contributed by atoms with Gasteiger partial charge in [0.1, 0.15) is 17.8 Å². The molecule has 1 aromatic carbocycles. The van der Waals surface area contributed by atoms with Crippen molar-refractivity contribution in [1.29, 1.82) is 5.26 Å². The first-order chi connectivity index (χ1) is 18.1. The molecule has 3 aliphatic rings. The van der Waals surface area contributed by atoms with Crippen LogP contribution in [0.2, 0.25) is 0 Å². The van der Waals surface area contributed by atoms with E-state index in [0.29, 0.717) is 39.0 Å². The Hall–Kier alpha value is -3.46. The Kier molecular flexibility index (Phi) is 8.36. The molecule has 200 valence electrons. The molecule has 4 atom stereocenters. The molecule has 12 heteroatoms. The summed E-state index contributed by atoms with van der Waals surface area (Å²) >= 11 is 0. The number of halogens is 1. The first kappa shape index (κ1) is 27.6. The second kappa shape index (κ2) is 11.5. The highest BCUT2D eigenvalue weighted by Gasteiger charge is 2.47. The Bertz CT molecular complexity index is 1160. The van der Waals surface area contributed by atoms with Crippen molar-refractivity contribution >= 4 is 31.6 Å². The SMILES string of the molecule is [B]NCCNC(=O)CCc1cccc2c1CN(C(=O)C[C@@H]1C[C@@H](C(=O)N3CC(C)(F)C[C@H]3C#N)NC1=O)C2. The average molecular weight is 522 g/mol. The van der Waals surface area contributed by atoms with Crippen molar-refractivity contribution in [2.75, 3.05) is 19.6 Å². The van der Waals surface area contributed by atoms with E-state index in [9.17, 15) is 28.8 Å². The van der Waals surface area contributed by atoms with Gasteiger partial charge in [-0.3, -0.25) is 19.2 Å². The van der Waals surface area contributed by atoms with Crippen molar-refractivity contribution in [3.63, 3.8) is 0 Å². The lowest BCUT2D eigenvalue weighted by Crippen LogP contribution is -2.46. The highest BCUT2D eigenvalue weighted by molar-refractivity contribution is 6.04. The van der Waals surface area contributed by atoms with Gasteiger partial charge in [0.25, 0.3) is 0 Å². The topological polar surface area (TPSA) is 135 Å². The Labute approximate surface area is 222 Å². The van der Waals surface area contributed by atoms with Crippen LogP contribution in [0.15, 0.2) is 18.2 Å². The number of fused-ring (bicyclic) bond motifs is 1. The summed E-state index contributed by atoms with van der Waals surface area (Å²) < 4.78 is 14.4. The normalized spacial score (nSPS) is 26.1. The van der Waals surface area contributed by atoms with Gasteiger partial charge in [-0.1, -0.05) is 18.2 Å². The lowest BCUT2D eigenvalue weighted by atomic mass is 9.99. The Morgan fingerprint density at radius 3 is 2.82 bits per heavy atom. The van der Waals surface area contributed by atoms with Crippen LogP contribution in [-0.2, 0) is 38.7 Å². The number of nitrogens with zero attached hydrogens (tertiary/aromatic N) is 3. The zero-order valence-corrected chi connectivity index (χ0v) is 21.5. The molecule has 0 bridgehead atoms. The first-order valence-corrected chi connectivity index (χ1v) is 12.9. The van der Waals surface area contributed by atoms with Crippen LogP contribution in [0, 0.1) is 17.2 Å². The standard InChI is InChI=1S/C26H32BFN6O4/c1-26(28)11-19(12-29)34(15-26)25(38)21-9-18(24(37)32-21)10-23(36)33-13-17-4-2-3-16(20(17)14-33)5-6-22(35)30-7-8-31-27/h2-4,18-19,21,31H,5-11,13-15H2,1H3,(H,30,35)(H,32,37)/t18-,19-,21-,26?/m0/s1. The molecular weight excluding hydrogens is 490 g/mol. The number of aryl methyl sites for hydroxylation is 1. The van der Waals surface area contributed by atoms with E-state index in [1.54, 1.807) is 4.90 Å². The maximum Gasteiger partial charge on any atom is 0.246 e. The minimum absolute atomic E-state index is 0.0426. The van der Waals surface area contributed by atoms with Crippen LogP contribution in [0.4, 0.5) is 4.39 Å². The predicted molar refractivity (Wildman–Crippen MR) is 136 cm³/mol. The second-order valence-electron chi connectivity index (χ2n) is 10.5. The minimum atomic E-state index is -1.65. The van der Waals surface area contributed by atoms with Crippen molar-refractivity contribution in [3.8, 4) is 6.07 Å². The van der Waals surface area contributed by atoms with Crippen LogP contribution in [0.5, 0.6) is 0 Å². The van der Waals surface area contributed by atoms with Crippen molar-refractivity contribution < 1.29 is 23.6 Å². The molecule has 3 aliphatic heterocycles. The maximum atomic E-state index is 14.4. The zero-order valence-electron chi connectivity index (χ0n) is 21.5. The zero-order chi connectivity index (χ0) is 27.4.